The molecule has 1 aliphatic rings. The minimum absolute atomic E-state index is 0.192. The molecule has 0 amide bonds. The SMILES string of the molecule is CC(C#N)(CC1CC1)NCCCO. The number of rotatable bonds is 6. The second-order valence-corrected chi connectivity index (χ2v) is 4.10. The fourth-order valence-corrected chi connectivity index (χ4v) is 1.50. The minimum Gasteiger partial charge on any atom is -0.396 e. The van der Waals surface area contributed by atoms with Crippen molar-refractivity contribution in [2.45, 2.75) is 38.1 Å². The molecule has 2 N–H and O–H groups in total. The lowest BCUT2D eigenvalue weighted by molar-refractivity contribution is 0.277. The van der Waals surface area contributed by atoms with E-state index in [1.165, 1.54) is 12.8 Å². The van der Waals surface area contributed by atoms with Gasteiger partial charge in [-0.15, -0.1) is 0 Å². The number of nitrogens with one attached hydrogen (secondary N) is 1. The molecule has 1 atom stereocenters. The Morgan fingerprint density at radius 1 is 1.62 bits per heavy atom. The van der Waals surface area contributed by atoms with Gasteiger partial charge in [-0.25, -0.2) is 0 Å². The Kier molecular flexibility index (Phi) is 3.71. The average molecular weight is 182 g/mol. The number of nitrogens with zero attached hydrogens (tertiary/aromatic N) is 1. The monoisotopic (exact) mass is 182 g/mol. The van der Waals surface area contributed by atoms with Crippen LogP contribution in [0.2, 0.25) is 0 Å². The van der Waals surface area contributed by atoms with Crippen molar-refractivity contribution in [1.29, 1.82) is 5.26 Å². The molecule has 74 valence electrons. The van der Waals surface area contributed by atoms with Crippen LogP contribution in [0, 0.1) is 17.2 Å². The maximum atomic E-state index is 8.99. The highest BCUT2D eigenvalue weighted by Crippen LogP contribution is 2.36. The number of nitriles is 1. The third-order valence-corrected chi connectivity index (χ3v) is 2.49. The van der Waals surface area contributed by atoms with Crippen LogP contribution in [0.15, 0.2) is 0 Å². The third kappa shape index (κ3) is 3.75. The van der Waals surface area contributed by atoms with Crippen LogP contribution >= 0.6 is 0 Å². The zero-order valence-corrected chi connectivity index (χ0v) is 8.21. The maximum Gasteiger partial charge on any atom is 0.104 e. The summed E-state index contributed by atoms with van der Waals surface area (Å²) >= 11 is 0. The van der Waals surface area contributed by atoms with E-state index in [9.17, 15) is 0 Å². The Morgan fingerprint density at radius 2 is 2.31 bits per heavy atom. The topological polar surface area (TPSA) is 56.0 Å². The van der Waals surface area contributed by atoms with Crippen LogP contribution in [0.3, 0.4) is 0 Å². The quantitative estimate of drug-likeness (QED) is 0.603. The molecule has 13 heavy (non-hydrogen) atoms. The van der Waals surface area contributed by atoms with Crippen molar-refractivity contribution in [2.75, 3.05) is 13.2 Å². The van der Waals surface area contributed by atoms with E-state index in [-0.39, 0.29) is 12.1 Å². The summed E-state index contributed by atoms with van der Waals surface area (Å²) in [5.74, 6) is 0.756. The third-order valence-electron chi connectivity index (χ3n) is 2.49. The van der Waals surface area contributed by atoms with Crippen LogP contribution in [0.1, 0.15) is 32.6 Å². The molecule has 1 rings (SSSR count). The van der Waals surface area contributed by atoms with E-state index in [2.05, 4.69) is 11.4 Å². The molecule has 0 saturated heterocycles. The Hall–Kier alpha value is -0.590. The normalized spacial score (nSPS) is 20.7. The summed E-state index contributed by atoms with van der Waals surface area (Å²) in [5.41, 5.74) is -0.379. The second kappa shape index (κ2) is 4.59. The Balaban J connectivity index is 2.25. The van der Waals surface area contributed by atoms with Crippen molar-refractivity contribution in [3.8, 4) is 6.07 Å². The maximum absolute atomic E-state index is 8.99. The summed E-state index contributed by atoms with van der Waals surface area (Å²) in [6.07, 6.45) is 4.23. The van der Waals surface area contributed by atoms with E-state index in [4.69, 9.17) is 10.4 Å². The Labute approximate surface area is 79.8 Å². The summed E-state index contributed by atoms with van der Waals surface area (Å²) in [6.45, 7) is 2.87. The molecule has 0 heterocycles. The van der Waals surface area contributed by atoms with Gasteiger partial charge in [0, 0.05) is 6.61 Å². The van der Waals surface area contributed by atoms with Crippen LogP contribution in [-0.4, -0.2) is 23.8 Å². The fraction of sp³-hybridized carbons (Fsp3) is 0.900. The Bertz CT molecular complexity index is 196. The zero-order valence-electron chi connectivity index (χ0n) is 8.21. The fourth-order valence-electron chi connectivity index (χ4n) is 1.50. The molecule has 1 saturated carbocycles. The summed E-state index contributed by atoms with van der Waals surface area (Å²) in [6, 6.07) is 2.32. The summed E-state index contributed by atoms with van der Waals surface area (Å²) in [5, 5.41) is 20.8. The van der Waals surface area contributed by atoms with Gasteiger partial charge in [0.2, 0.25) is 0 Å². The first-order valence-corrected chi connectivity index (χ1v) is 4.97. The van der Waals surface area contributed by atoms with Gasteiger partial charge in [-0.2, -0.15) is 5.26 Å². The standard InChI is InChI=1S/C10H18N2O/c1-10(8-11,7-9-3-4-9)12-5-2-6-13/h9,12-13H,2-7H2,1H3. The lowest BCUT2D eigenvalue weighted by Crippen LogP contribution is -2.42. The van der Waals surface area contributed by atoms with Crippen molar-refractivity contribution in [1.82, 2.24) is 5.32 Å². The molecular formula is C10H18N2O. The molecule has 0 spiro atoms. The van der Waals surface area contributed by atoms with Gasteiger partial charge < -0.3 is 5.11 Å². The van der Waals surface area contributed by atoms with E-state index in [1.807, 2.05) is 6.92 Å². The minimum atomic E-state index is -0.379. The highest BCUT2D eigenvalue weighted by atomic mass is 16.3. The average Bonchev–Trinajstić information content (AvgIpc) is 2.89. The van der Waals surface area contributed by atoms with Gasteiger partial charge in [0.05, 0.1) is 6.07 Å². The molecule has 0 aromatic rings. The molecule has 1 aliphatic carbocycles. The van der Waals surface area contributed by atoms with E-state index in [0.717, 1.165) is 25.3 Å². The van der Waals surface area contributed by atoms with E-state index in [1.54, 1.807) is 0 Å². The summed E-state index contributed by atoms with van der Waals surface area (Å²) in [7, 11) is 0. The van der Waals surface area contributed by atoms with Crippen LogP contribution < -0.4 is 5.32 Å². The summed E-state index contributed by atoms with van der Waals surface area (Å²) in [4.78, 5) is 0. The molecule has 0 radical (unpaired) electrons. The van der Waals surface area contributed by atoms with E-state index in [0.29, 0.717) is 0 Å². The predicted octanol–water partition coefficient (Wildman–Crippen LogP) is 1.04. The van der Waals surface area contributed by atoms with Gasteiger partial charge in [-0.05, 0) is 32.2 Å². The molecule has 0 aromatic carbocycles. The van der Waals surface area contributed by atoms with Gasteiger partial charge in [0.15, 0.2) is 0 Å². The van der Waals surface area contributed by atoms with Gasteiger partial charge in [-0.3, -0.25) is 5.32 Å². The van der Waals surface area contributed by atoms with Crippen LogP contribution in [-0.2, 0) is 0 Å². The van der Waals surface area contributed by atoms with Crippen molar-refractivity contribution in [2.24, 2.45) is 5.92 Å². The first-order chi connectivity index (χ1) is 6.20. The molecule has 3 nitrogen and oxygen atoms in total. The molecule has 0 bridgehead atoms. The van der Waals surface area contributed by atoms with Gasteiger partial charge >= 0.3 is 0 Å². The molecule has 1 fully saturated rings. The molecular weight excluding hydrogens is 164 g/mol. The van der Waals surface area contributed by atoms with Crippen LogP contribution in [0.25, 0.3) is 0 Å². The number of aliphatic hydroxyl groups excluding tert-OH is 1. The highest BCUT2D eigenvalue weighted by molar-refractivity contribution is 5.06. The first-order valence-electron chi connectivity index (χ1n) is 4.97. The number of hydrogen-bond donors (Lipinski definition) is 2. The molecule has 3 heteroatoms. The van der Waals surface area contributed by atoms with Gasteiger partial charge in [0.25, 0.3) is 0 Å². The van der Waals surface area contributed by atoms with E-state index >= 15 is 0 Å². The van der Waals surface area contributed by atoms with Gasteiger partial charge in [-0.1, -0.05) is 12.8 Å². The number of aliphatic hydroxyl groups is 1. The van der Waals surface area contributed by atoms with Crippen molar-refractivity contribution in [3.05, 3.63) is 0 Å². The summed E-state index contributed by atoms with van der Waals surface area (Å²) < 4.78 is 0. The largest absolute Gasteiger partial charge is 0.396 e. The smallest absolute Gasteiger partial charge is 0.104 e. The molecule has 1 unspecified atom stereocenters. The van der Waals surface area contributed by atoms with Crippen molar-refractivity contribution in [3.63, 3.8) is 0 Å². The van der Waals surface area contributed by atoms with E-state index < -0.39 is 0 Å². The lowest BCUT2D eigenvalue weighted by atomic mass is 9.96. The van der Waals surface area contributed by atoms with Gasteiger partial charge in [0.1, 0.15) is 5.54 Å². The van der Waals surface area contributed by atoms with Crippen molar-refractivity contribution >= 4 is 0 Å². The zero-order chi connectivity index (χ0) is 9.73. The molecule has 0 aromatic heterocycles. The number of hydrogen-bond acceptors (Lipinski definition) is 3. The van der Waals surface area contributed by atoms with Crippen LogP contribution in [0.5, 0.6) is 0 Å². The first kappa shape index (κ1) is 10.5. The lowest BCUT2D eigenvalue weighted by Gasteiger charge is -2.22. The van der Waals surface area contributed by atoms with Crippen molar-refractivity contribution < 1.29 is 5.11 Å². The Morgan fingerprint density at radius 3 is 2.77 bits per heavy atom. The second-order valence-electron chi connectivity index (χ2n) is 4.10. The molecule has 0 aliphatic heterocycles. The predicted molar refractivity (Wildman–Crippen MR) is 51.1 cm³/mol. The highest BCUT2D eigenvalue weighted by Gasteiger charge is 2.32. The van der Waals surface area contributed by atoms with Crippen LogP contribution in [0.4, 0.5) is 0 Å².